The van der Waals surface area contributed by atoms with Crippen LogP contribution >= 0.6 is 15.9 Å². The van der Waals surface area contributed by atoms with Crippen molar-refractivity contribution < 1.29 is 4.42 Å². The van der Waals surface area contributed by atoms with E-state index in [1.807, 2.05) is 32.2 Å². The minimum atomic E-state index is 0.107. The first-order chi connectivity index (χ1) is 8.65. The largest absolute Gasteiger partial charge is 0.419 e. The van der Waals surface area contributed by atoms with Crippen LogP contribution < -0.4 is 5.32 Å². The monoisotopic (exact) mass is 309 g/mol. The van der Waals surface area contributed by atoms with Gasteiger partial charge in [-0.2, -0.15) is 0 Å². The van der Waals surface area contributed by atoms with E-state index in [1.165, 1.54) is 5.56 Å². The van der Waals surface area contributed by atoms with E-state index in [0.717, 1.165) is 16.5 Å². The molecule has 0 radical (unpaired) electrons. The Bertz CT molecular complexity index is 535. The Balaban J connectivity index is 2.34. The Kier molecular flexibility index (Phi) is 4.14. The molecule has 1 aromatic heterocycles. The molecule has 1 N–H and O–H groups in total. The highest BCUT2D eigenvalue weighted by molar-refractivity contribution is 9.10. The second-order valence-corrected chi connectivity index (χ2v) is 5.03. The summed E-state index contributed by atoms with van der Waals surface area (Å²) in [5.41, 5.74) is 2.11. The average Bonchev–Trinajstić information content (AvgIpc) is 2.80. The van der Waals surface area contributed by atoms with Gasteiger partial charge in [0.25, 0.3) is 0 Å². The van der Waals surface area contributed by atoms with Crippen molar-refractivity contribution in [2.24, 2.45) is 0 Å². The Hall–Kier alpha value is -1.20. The first kappa shape index (κ1) is 13.2. The molecule has 4 nitrogen and oxygen atoms in total. The molecular weight excluding hydrogens is 294 g/mol. The minimum absolute atomic E-state index is 0.107. The van der Waals surface area contributed by atoms with E-state index in [1.54, 1.807) is 0 Å². The van der Waals surface area contributed by atoms with Gasteiger partial charge in [0.05, 0.1) is 11.6 Å². The lowest BCUT2D eigenvalue weighted by Gasteiger charge is -2.07. The van der Waals surface area contributed by atoms with E-state index in [-0.39, 0.29) is 6.04 Å². The number of benzene rings is 1. The van der Waals surface area contributed by atoms with Crippen molar-refractivity contribution >= 4 is 15.9 Å². The van der Waals surface area contributed by atoms with Crippen LogP contribution in [0.5, 0.6) is 0 Å². The van der Waals surface area contributed by atoms with Crippen LogP contribution in [0.1, 0.15) is 30.8 Å². The summed E-state index contributed by atoms with van der Waals surface area (Å²) in [6.45, 7) is 4.12. The lowest BCUT2D eigenvalue weighted by molar-refractivity contribution is 0.415. The van der Waals surface area contributed by atoms with Gasteiger partial charge >= 0.3 is 0 Å². The van der Waals surface area contributed by atoms with Crippen LogP contribution in [0.4, 0.5) is 0 Å². The summed E-state index contributed by atoms with van der Waals surface area (Å²) in [6, 6.07) is 6.15. The Morgan fingerprint density at radius 2 is 2.17 bits per heavy atom. The van der Waals surface area contributed by atoms with Gasteiger partial charge in [-0.05, 0) is 54.0 Å². The summed E-state index contributed by atoms with van der Waals surface area (Å²) in [7, 11) is 1.89. The van der Waals surface area contributed by atoms with Crippen LogP contribution in [0.3, 0.4) is 0 Å². The van der Waals surface area contributed by atoms with Crippen LogP contribution in [-0.4, -0.2) is 17.2 Å². The molecule has 0 aliphatic heterocycles. The molecule has 2 rings (SSSR count). The quantitative estimate of drug-likeness (QED) is 0.939. The molecule has 1 atom stereocenters. The number of halogens is 1. The molecule has 0 spiro atoms. The third-order valence-corrected chi connectivity index (χ3v) is 3.51. The highest BCUT2D eigenvalue weighted by Gasteiger charge is 2.17. The van der Waals surface area contributed by atoms with Crippen molar-refractivity contribution in [3.05, 3.63) is 34.1 Å². The zero-order valence-corrected chi connectivity index (χ0v) is 12.3. The first-order valence-corrected chi connectivity index (χ1v) is 6.72. The van der Waals surface area contributed by atoms with Crippen molar-refractivity contribution in [1.82, 2.24) is 15.5 Å². The fourth-order valence-corrected chi connectivity index (χ4v) is 2.44. The number of aryl methyl sites for hydroxylation is 1. The Morgan fingerprint density at radius 1 is 1.39 bits per heavy atom. The standard InChI is InChI=1S/C13H16BrN3O/c1-4-11(15-3)13-17-16-12(18-13)9-6-5-8(2)7-10(9)14/h5-7,11,15H,4H2,1-3H3. The Morgan fingerprint density at radius 3 is 2.78 bits per heavy atom. The minimum Gasteiger partial charge on any atom is -0.419 e. The summed E-state index contributed by atoms with van der Waals surface area (Å²) in [5, 5.41) is 11.4. The highest BCUT2D eigenvalue weighted by Crippen LogP contribution is 2.29. The third-order valence-electron chi connectivity index (χ3n) is 2.85. The van der Waals surface area contributed by atoms with Gasteiger partial charge < -0.3 is 9.73 Å². The van der Waals surface area contributed by atoms with E-state index in [4.69, 9.17) is 4.42 Å². The number of nitrogens with zero attached hydrogens (tertiary/aromatic N) is 2. The van der Waals surface area contributed by atoms with Gasteiger partial charge in [0.1, 0.15) is 0 Å². The second kappa shape index (κ2) is 5.63. The van der Waals surface area contributed by atoms with Crippen LogP contribution in [0.2, 0.25) is 0 Å². The molecule has 5 heteroatoms. The maximum atomic E-state index is 5.72. The van der Waals surface area contributed by atoms with Gasteiger partial charge in [0.15, 0.2) is 0 Å². The predicted octanol–water partition coefficient (Wildman–Crippen LogP) is 3.48. The van der Waals surface area contributed by atoms with Crippen molar-refractivity contribution in [3.8, 4) is 11.5 Å². The zero-order chi connectivity index (χ0) is 13.1. The first-order valence-electron chi connectivity index (χ1n) is 5.93. The van der Waals surface area contributed by atoms with E-state index in [2.05, 4.69) is 38.4 Å². The fraction of sp³-hybridized carbons (Fsp3) is 0.385. The molecule has 96 valence electrons. The molecule has 0 aliphatic rings. The number of rotatable bonds is 4. The van der Waals surface area contributed by atoms with Crippen LogP contribution in [0.25, 0.3) is 11.5 Å². The van der Waals surface area contributed by atoms with Gasteiger partial charge in [-0.1, -0.05) is 13.0 Å². The van der Waals surface area contributed by atoms with Crippen molar-refractivity contribution in [1.29, 1.82) is 0 Å². The molecule has 1 aromatic carbocycles. The summed E-state index contributed by atoms with van der Waals surface area (Å²) in [5.74, 6) is 1.17. The van der Waals surface area contributed by atoms with Gasteiger partial charge in [-0.25, -0.2) is 0 Å². The molecule has 0 aliphatic carbocycles. The molecule has 0 bridgehead atoms. The van der Waals surface area contributed by atoms with Crippen LogP contribution in [0.15, 0.2) is 27.1 Å². The number of nitrogens with one attached hydrogen (secondary N) is 1. The molecular formula is C13H16BrN3O. The second-order valence-electron chi connectivity index (χ2n) is 4.18. The van der Waals surface area contributed by atoms with Gasteiger partial charge in [0.2, 0.25) is 11.8 Å². The van der Waals surface area contributed by atoms with Gasteiger partial charge in [-0.15, -0.1) is 10.2 Å². The van der Waals surface area contributed by atoms with E-state index >= 15 is 0 Å². The van der Waals surface area contributed by atoms with E-state index in [0.29, 0.717) is 11.8 Å². The molecule has 2 aromatic rings. The van der Waals surface area contributed by atoms with Crippen molar-refractivity contribution in [2.45, 2.75) is 26.3 Å². The Labute approximate surface area is 115 Å². The lowest BCUT2D eigenvalue weighted by Crippen LogP contribution is -2.15. The lowest BCUT2D eigenvalue weighted by atomic mass is 10.1. The summed E-state index contributed by atoms with van der Waals surface area (Å²) in [6.07, 6.45) is 0.910. The molecule has 0 saturated heterocycles. The normalized spacial score (nSPS) is 12.7. The predicted molar refractivity (Wildman–Crippen MR) is 74.3 cm³/mol. The fourth-order valence-electron chi connectivity index (χ4n) is 1.78. The molecule has 0 fully saturated rings. The topological polar surface area (TPSA) is 51.0 Å². The summed E-state index contributed by atoms with van der Waals surface area (Å²) < 4.78 is 6.69. The molecule has 0 amide bonds. The number of hydrogen-bond acceptors (Lipinski definition) is 4. The SMILES string of the molecule is CCC(NC)c1nnc(-c2ccc(C)cc2Br)o1. The van der Waals surface area contributed by atoms with Gasteiger partial charge in [0, 0.05) is 4.47 Å². The molecule has 1 heterocycles. The van der Waals surface area contributed by atoms with Crippen LogP contribution in [-0.2, 0) is 0 Å². The maximum Gasteiger partial charge on any atom is 0.248 e. The molecule has 18 heavy (non-hydrogen) atoms. The van der Waals surface area contributed by atoms with Crippen molar-refractivity contribution in [3.63, 3.8) is 0 Å². The third kappa shape index (κ3) is 2.62. The zero-order valence-electron chi connectivity index (χ0n) is 10.7. The van der Waals surface area contributed by atoms with Crippen molar-refractivity contribution in [2.75, 3.05) is 7.05 Å². The average molecular weight is 310 g/mol. The smallest absolute Gasteiger partial charge is 0.248 e. The number of hydrogen-bond donors (Lipinski definition) is 1. The number of aromatic nitrogens is 2. The molecule has 0 saturated carbocycles. The highest BCUT2D eigenvalue weighted by atomic mass is 79.9. The molecule has 1 unspecified atom stereocenters. The van der Waals surface area contributed by atoms with E-state index < -0.39 is 0 Å². The maximum absolute atomic E-state index is 5.72. The summed E-state index contributed by atoms with van der Waals surface area (Å²) >= 11 is 3.52. The van der Waals surface area contributed by atoms with E-state index in [9.17, 15) is 0 Å². The van der Waals surface area contributed by atoms with Crippen LogP contribution in [0, 0.1) is 6.92 Å². The van der Waals surface area contributed by atoms with Gasteiger partial charge in [-0.3, -0.25) is 0 Å². The summed E-state index contributed by atoms with van der Waals surface area (Å²) in [4.78, 5) is 0.